The van der Waals surface area contributed by atoms with E-state index in [1.54, 1.807) is 12.1 Å². The molecule has 1 rings (SSSR count). The van der Waals surface area contributed by atoms with Gasteiger partial charge in [0.05, 0.1) is 7.11 Å². The summed E-state index contributed by atoms with van der Waals surface area (Å²) >= 11 is 0. The number of urea groups is 1. The maximum Gasteiger partial charge on any atom is 0.353 e. The maximum absolute atomic E-state index is 11.4. The smallest absolute Gasteiger partial charge is 0.353 e. The number of nitrogens with one attached hydrogen (secondary N) is 2. The fourth-order valence-electron chi connectivity index (χ4n) is 1.11. The molecular formula is C12H14N2O3. The van der Waals surface area contributed by atoms with E-state index in [0.29, 0.717) is 5.69 Å². The first-order valence-electron chi connectivity index (χ1n) is 4.95. The molecule has 1 aromatic rings. The summed E-state index contributed by atoms with van der Waals surface area (Å²) in [7, 11) is 1.22. The highest BCUT2D eigenvalue weighted by atomic mass is 16.5. The van der Waals surface area contributed by atoms with Crippen LogP contribution in [0.3, 0.4) is 0 Å². The van der Waals surface area contributed by atoms with Gasteiger partial charge in [-0.25, -0.2) is 9.59 Å². The Bertz CT molecular complexity index is 438. The van der Waals surface area contributed by atoms with Gasteiger partial charge in [-0.3, -0.25) is 0 Å². The normalized spacial score (nSPS) is 9.29. The molecule has 0 aliphatic carbocycles. The SMILES string of the molecule is C=C(NC(=O)Nc1ccc(C)cc1)C(=O)OC. The van der Waals surface area contributed by atoms with Crippen molar-refractivity contribution in [3.63, 3.8) is 0 Å². The Kier molecular flexibility index (Phi) is 4.28. The first-order chi connectivity index (χ1) is 8.02. The van der Waals surface area contributed by atoms with Crippen molar-refractivity contribution in [2.75, 3.05) is 12.4 Å². The molecule has 2 N–H and O–H groups in total. The Hall–Kier alpha value is -2.30. The molecule has 0 fully saturated rings. The molecule has 90 valence electrons. The number of carbonyl (C=O) groups is 2. The summed E-state index contributed by atoms with van der Waals surface area (Å²) in [4.78, 5) is 22.4. The first-order valence-corrected chi connectivity index (χ1v) is 4.95. The molecule has 0 aliphatic heterocycles. The lowest BCUT2D eigenvalue weighted by molar-refractivity contribution is -0.136. The summed E-state index contributed by atoms with van der Waals surface area (Å²) in [6, 6.07) is 6.71. The van der Waals surface area contributed by atoms with E-state index in [1.807, 2.05) is 19.1 Å². The number of amides is 2. The highest BCUT2D eigenvalue weighted by molar-refractivity contribution is 5.97. The fourth-order valence-corrected chi connectivity index (χ4v) is 1.11. The zero-order chi connectivity index (χ0) is 12.8. The van der Waals surface area contributed by atoms with E-state index >= 15 is 0 Å². The summed E-state index contributed by atoms with van der Waals surface area (Å²) in [6.45, 7) is 5.32. The largest absolute Gasteiger partial charge is 0.464 e. The number of rotatable bonds is 3. The van der Waals surface area contributed by atoms with Gasteiger partial charge in [-0.05, 0) is 19.1 Å². The second kappa shape index (κ2) is 5.69. The number of aryl methyl sites for hydroxylation is 1. The number of esters is 1. The Morgan fingerprint density at radius 3 is 2.35 bits per heavy atom. The van der Waals surface area contributed by atoms with Gasteiger partial charge in [0.15, 0.2) is 0 Å². The Morgan fingerprint density at radius 1 is 1.24 bits per heavy atom. The lowest BCUT2D eigenvalue weighted by Crippen LogP contribution is -2.31. The Morgan fingerprint density at radius 2 is 1.82 bits per heavy atom. The molecule has 0 unspecified atom stereocenters. The van der Waals surface area contributed by atoms with E-state index in [4.69, 9.17) is 0 Å². The van der Waals surface area contributed by atoms with Crippen molar-refractivity contribution in [3.05, 3.63) is 42.1 Å². The molecule has 0 spiro atoms. The van der Waals surface area contributed by atoms with E-state index in [9.17, 15) is 9.59 Å². The van der Waals surface area contributed by atoms with Gasteiger partial charge in [-0.2, -0.15) is 0 Å². The summed E-state index contributed by atoms with van der Waals surface area (Å²) < 4.78 is 4.40. The van der Waals surface area contributed by atoms with E-state index in [2.05, 4.69) is 21.9 Å². The molecule has 0 aromatic heterocycles. The number of anilines is 1. The number of ether oxygens (including phenoxy) is 1. The zero-order valence-electron chi connectivity index (χ0n) is 9.74. The highest BCUT2D eigenvalue weighted by Crippen LogP contribution is 2.08. The third-order valence-corrected chi connectivity index (χ3v) is 2.01. The quantitative estimate of drug-likeness (QED) is 0.619. The number of methoxy groups -OCH3 is 1. The van der Waals surface area contributed by atoms with Crippen molar-refractivity contribution in [1.82, 2.24) is 5.32 Å². The van der Waals surface area contributed by atoms with Gasteiger partial charge in [0.1, 0.15) is 5.70 Å². The topological polar surface area (TPSA) is 67.4 Å². The van der Waals surface area contributed by atoms with Crippen LogP contribution in [-0.2, 0) is 9.53 Å². The summed E-state index contributed by atoms with van der Waals surface area (Å²) in [5, 5.41) is 4.83. The monoisotopic (exact) mass is 234 g/mol. The molecule has 0 heterocycles. The number of hydrogen-bond donors (Lipinski definition) is 2. The first kappa shape index (κ1) is 12.8. The van der Waals surface area contributed by atoms with Gasteiger partial charge in [0.2, 0.25) is 0 Å². The van der Waals surface area contributed by atoms with Gasteiger partial charge in [0, 0.05) is 5.69 Å². The molecule has 1 aromatic carbocycles. The van der Waals surface area contributed by atoms with Gasteiger partial charge in [-0.15, -0.1) is 0 Å². The minimum Gasteiger partial charge on any atom is -0.464 e. The minimum atomic E-state index is -0.677. The molecule has 0 aliphatic rings. The van der Waals surface area contributed by atoms with Gasteiger partial charge >= 0.3 is 12.0 Å². The van der Waals surface area contributed by atoms with Gasteiger partial charge in [-0.1, -0.05) is 24.3 Å². The van der Waals surface area contributed by atoms with Gasteiger partial charge < -0.3 is 15.4 Å². The molecule has 0 bridgehead atoms. The third-order valence-electron chi connectivity index (χ3n) is 2.01. The van der Waals surface area contributed by atoms with Crippen LogP contribution in [0, 0.1) is 6.92 Å². The second-order valence-corrected chi connectivity index (χ2v) is 3.42. The molecule has 2 amide bonds. The van der Waals surface area contributed by atoms with Crippen LogP contribution in [0.2, 0.25) is 0 Å². The minimum absolute atomic E-state index is 0.114. The van der Waals surface area contributed by atoms with E-state index in [1.165, 1.54) is 7.11 Å². The number of benzene rings is 1. The molecule has 5 heteroatoms. The van der Waals surface area contributed by atoms with Crippen LogP contribution in [0.5, 0.6) is 0 Å². The summed E-state index contributed by atoms with van der Waals surface area (Å²) in [6.07, 6.45) is 0. The molecule has 0 saturated heterocycles. The number of hydrogen-bond acceptors (Lipinski definition) is 3. The Labute approximate surface area is 99.5 Å². The van der Waals surface area contributed by atoms with E-state index < -0.39 is 12.0 Å². The van der Waals surface area contributed by atoms with E-state index in [-0.39, 0.29) is 5.70 Å². The van der Waals surface area contributed by atoms with Crippen molar-refractivity contribution in [2.24, 2.45) is 0 Å². The second-order valence-electron chi connectivity index (χ2n) is 3.42. The zero-order valence-corrected chi connectivity index (χ0v) is 9.74. The third kappa shape index (κ3) is 3.98. The van der Waals surface area contributed by atoms with Crippen molar-refractivity contribution < 1.29 is 14.3 Å². The number of carbonyl (C=O) groups excluding carboxylic acids is 2. The standard InChI is InChI=1S/C12H14N2O3/c1-8-4-6-10(7-5-8)14-12(16)13-9(2)11(15)17-3/h4-7H,2H2,1,3H3,(H2,13,14,16). The van der Waals surface area contributed by atoms with Crippen molar-refractivity contribution in [1.29, 1.82) is 0 Å². The maximum atomic E-state index is 11.4. The molecule has 5 nitrogen and oxygen atoms in total. The van der Waals surface area contributed by atoms with Crippen LogP contribution in [-0.4, -0.2) is 19.1 Å². The lowest BCUT2D eigenvalue weighted by atomic mass is 10.2. The van der Waals surface area contributed by atoms with Crippen LogP contribution in [0.1, 0.15) is 5.56 Å². The van der Waals surface area contributed by atoms with Crippen LogP contribution in [0.15, 0.2) is 36.5 Å². The molecular weight excluding hydrogens is 220 g/mol. The predicted octanol–water partition coefficient (Wildman–Crippen LogP) is 1.80. The van der Waals surface area contributed by atoms with Crippen molar-refractivity contribution in [2.45, 2.75) is 6.92 Å². The highest BCUT2D eigenvalue weighted by Gasteiger charge is 2.10. The molecule has 0 saturated carbocycles. The summed E-state index contributed by atoms with van der Waals surface area (Å²) in [5.74, 6) is -0.677. The summed E-state index contributed by atoms with van der Waals surface area (Å²) in [5.41, 5.74) is 1.61. The van der Waals surface area contributed by atoms with Crippen molar-refractivity contribution >= 4 is 17.7 Å². The molecule has 17 heavy (non-hydrogen) atoms. The average Bonchev–Trinajstić information content (AvgIpc) is 2.30. The van der Waals surface area contributed by atoms with Crippen LogP contribution in [0.4, 0.5) is 10.5 Å². The fraction of sp³-hybridized carbons (Fsp3) is 0.167. The van der Waals surface area contributed by atoms with Crippen LogP contribution < -0.4 is 10.6 Å². The lowest BCUT2D eigenvalue weighted by Gasteiger charge is -2.08. The van der Waals surface area contributed by atoms with Crippen LogP contribution in [0.25, 0.3) is 0 Å². The average molecular weight is 234 g/mol. The Balaban J connectivity index is 2.53. The molecule has 0 atom stereocenters. The van der Waals surface area contributed by atoms with Crippen LogP contribution >= 0.6 is 0 Å². The predicted molar refractivity (Wildman–Crippen MR) is 64.5 cm³/mol. The van der Waals surface area contributed by atoms with Crippen molar-refractivity contribution in [3.8, 4) is 0 Å². The van der Waals surface area contributed by atoms with E-state index in [0.717, 1.165) is 5.56 Å². The molecule has 0 radical (unpaired) electrons. The van der Waals surface area contributed by atoms with Gasteiger partial charge in [0.25, 0.3) is 0 Å².